The second-order valence-corrected chi connectivity index (χ2v) is 7.68. The lowest BCUT2D eigenvalue weighted by molar-refractivity contribution is -0.139. The van der Waals surface area contributed by atoms with E-state index in [0.29, 0.717) is 18.7 Å². The number of Topliss-reactive ketones (excluding diaryl/α,β-unsaturated/α-hetero) is 1. The minimum Gasteiger partial charge on any atom is -0.507 e. The minimum absolute atomic E-state index is 0.0160. The normalized spacial score (nSPS) is 17.8. The molecule has 31 heavy (non-hydrogen) atoms. The Labute approximate surface area is 187 Å². The monoisotopic (exact) mass is 443 g/mol. The van der Waals surface area contributed by atoms with E-state index in [1.165, 1.54) is 31.3 Å². The Morgan fingerprint density at radius 2 is 1.71 bits per heavy atom. The molecule has 1 unspecified atom stereocenters. The highest BCUT2D eigenvalue weighted by molar-refractivity contribution is 6.46. The van der Waals surface area contributed by atoms with E-state index in [-0.39, 0.29) is 27.7 Å². The third-order valence-electron chi connectivity index (χ3n) is 5.44. The average molecular weight is 444 g/mol. The summed E-state index contributed by atoms with van der Waals surface area (Å²) in [4.78, 5) is 27.3. The van der Waals surface area contributed by atoms with Crippen molar-refractivity contribution in [2.75, 3.05) is 20.8 Å². The van der Waals surface area contributed by atoms with Gasteiger partial charge in [-0.1, -0.05) is 49.7 Å². The first kappa shape index (κ1) is 22.7. The zero-order valence-electron chi connectivity index (χ0n) is 18.1. The van der Waals surface area contributed by atoms with E-state index < -0.39 is 17.7 Å². The largest absolute Gasteiger partial charge is 0.507 e. The fourth-order valence-corrected chi connectivity index (χ4v) is 4.06. The fraction of sp³-hybridized carbons (Fsp3) is 0.333. The Hall–Kier alpha value is -2.99. The van der Waals surface area contributed by atoms with E-state index >= 15 is 0 Å². The van der Waals surface area contributed by atoms with Gasteiger partial charge in [-0.15, -0.1) is 0 Å². The molecule has 1 heterocycles. The summed E-state index contributed by atoms with van der Waals surface area (Å²) in [5, 5.41) is 11.5. The number of aryl methyl sites for hydroxylation is 1. The number of aliphatic hydroxyl groups is 1. The van der Waals surface area contributed by atoms with Crippen molar-refractivity contribution in [1.82, 2.24) is 4.90 Å². The van der Waals surface area contributed by atoms with Gasteiger partial charge in [-0.05, 0) is 30.0 Å². The van der Waals surface area contributed by atoms with E-state index in [4.69, 9.17) is 21.1 Å². The molecule has 3 rings (SSSR count). The Morgan fingerprint density at radius 1 is 1.06 bits per heavy atom. The van der Waals surface area contributed by atoms with Crippen molar-refractivity contribution in [3.63, 3.8) is 0 Å². The van der Waals surface area contributed by atoms with Crippen molar-refractivity contribution >= 4 is 29.1 Å². The number of benzene rings is 2. The molecule has 2 aromatic rings. The van der Waals surface area contributed by atoms with Crippen LogP contribution in [0.3, 0.4) is 0 Å². The molecule has 7 heteroatoms. The zero-order valence-corrected chi connectivity index (χ0v) is 18.8. The Balaban J connectivity index is 2.23. The van der Waals surface area contributed by atoms with Crippen LogP contribution >= 0.6 is 11.6 Å². The smallest absolute Gasteiger partial charge is 0.295 e. The lowest BCUT2D eigenvalue weighted by Gasteiger charge is -2.25. The minimum atomic E-state index is -0.732. The van der Waals surface area contributed by atoms with Crippen molar-refractivity contribution in [3.05, 3.63) is 63.7 Å². The van der Waals surface area contributed by atoms with Crippen LogP contribution in [0.5, 0.6) is 11.5 Å². The van der Waals surface area contributed by atoms with Gasteiger partial charge in [0.15, 0.2) is 0 Å². The van der Waals surface area contributed by atoms with Crippen LogP contribution in [0.25, 0.3) is 5.76 Å². The van der Waals surface area contributed by atoms with Crippen molar-refractivity contribution in [3.8, 4) is 11.5 Å². The molecule has 1 aliphatic rings. The number of methoxy groups -OCH3 is 2. The van der Waals surface area contributed by atoms with E-state index in [1.807, 2.05) is 31.2 Å². The number of ether oxygens (including phenoxy) is 2. The first-order valence-electron chi connectivity index (χ1n) is 10.2. The third-order valence-corrected chi connectivity index (χ3v) is 5.73. The number of hydrogen-bond donors (Lipinski definition) is 1. The molecule has 0 radical (unpaired) electrons. The van der Waals surface area contributed by atoms with Gasteiger partial charge in [0.2, 0.25) is 0 Å². The van der Waals surface area contributed by atoms with Gasteiger partial charge in [0.1, 0.15) is 17.3 Å². The Morgan fingerprint density at radius 3 is 2.26 bits per heavy atom. The highest BCUT2D eigenvalue weighted by Crippen LogP contribution is 2.43. The number of likely N-dealkylation sites (tertiary alicyclic amines) is 1. The summed E-state index contributed by atoms with van der Waals surface area (Å²) in [6.07, 6.45) is 1.55. The zero-order chi connectivity index (χ0) is 22.7. The summed E-state index contributed by atoms with van der Waals surface area (Å²) in [6, 6.07) is 10.0. The molecule has 0 aromatic heterocycles. The number of ketones is 1. The number of rotatable bonds is 7. The van der Waals surface area contributed by atoms with Crippen LogP contribution in [-0.4, -0.2) is 42.5 Å². The first-order chi connectivity index (χ1) is 14.9. The van der Waals surface area contributed by atoms with Gasteiger partial charge in [-0.3, -0.25) is 9.59 Å². The van der Waals surface area contributed by atoms with Crippen molar-refractivity contribution in [2.24, 2.45) is 0 Å². The highest BCUT2D eigenvalue weighted by atomic mass is 35.5. The maximum absolute atomic E-state index is 13.0. The van der Waals surface area contributed by atoms with Crippen molar-refractivity contribution < 1.29 is 24.2 Å². The molecule has 6 nitrogen and oxygen atoms in total. The topological polar surface area (TPSA) is 76.1 Å². The molecule has 1 aliphatic heterocycles. The van der Waals surface area contributed by atoms with Crippen LogP contribution < -0.4 is 9.47 Å². The molecule has 0 bridgehead atoms. The van der Waals surface area contributed by atoms with Crippen molar-refractivity contribution in [1.29, 1.82) is 0 Å². The van der Waals surface area contributed by atoms with Gasteiger partial charge >= 0.3 is 0 Å². The molecule has 0 spiro atoms. The summed E-state index contributed by atoms with van der Waals surface area (Å²) in [7, 11) is 2.91. The van der Waals surface area contributed by atoms with Gasteiger partial charge in [0, 0.05) is 12.6 Å². The predicted octanol–water partition coefficient (Wildman–Crippen LogP) is 4.75. The number of halogens is 1. The van der Waals surface area contributed by atoms with Crippen molar-refractivity contribution in [2.45, 2.75) is 32.7 Å². The molecule has 1 saturated heterocycles. The van der Waals surface area contributed by atoms with Crippen LogP contribution in [0.2, 0.25) is 5.02 Å². The number of carbonyl (C=O) groups excluding carboxylic acids is 2. The fourth-order valence-electron chi connectivity index (χ4n) is 3.82. The summed E-state index contributed by atoms with van der Waals surface area (Å²) >= 11 is 6.26. The Kier molecular flexibility index (Phi) is 6.91. The number of amides is 1. The number of hydrogen-bond acceptors (Lipinski definition) is 5. The van der Waals surface area contributed by atoms with Crippen LogP contribution in [0.4, 0.5) is 0 Å². The summed E-state index contributed by atoms with van der Waals surface area (Å²) < 4.78 is 10.6. The maximum Gasteiger partial charge on any atom is 0.295 e. The van der Waals surface area contributed by atoms with Crippen LogP contribution in [0.1, 0.15) is 43.0 Å². The second kappa shape index (κ2) is 9.43. The molecule has 2 aromatic carbocycles. The average Bonchev–Trinajstić information content (AvgIpc) is 3.03. The van der Waals surface area contributed by atoms with Gasteiger partial charge < -0.3 is 19.5 Å². The van der Waals surface area contributed by atoms with Gasteiger partial charge in [0.05, 0.1) is 36.4 Å². The number of aliphatic hydroxyl groups excluding tert-OH is 1. The maximum atomic E-state index is 13.0. The van der Waals surface area contributed by atoms with E-state index in [1.54, 1.807) is 0 Å². The highest BCUT2D eigenvalue weighted by Gasteiger charge is 2.46. The molecule has 1 amide bonds. The molecule has 0 aliphatic carbocycles. The number of carbonyl (C=O) groups is 2. The number of nitrogens with zero attached hydrogens (tertiary/aromatic N) is 1. The summed E-state index contributed by atoms with van der Waals surface area (Å²) in [5.74, 6) is -1.05. The Bertz CT molecular complexity index is 1030. The van der Waals surface area contributed by atoms with E-state index in [0.717, 1.165) is 17.5 Å². The summed E-state index contributed by atoms with van der Waals surface area (Å²) in [5.41, 5.74) is 2.13. The molecule has 1 N–H and O–H groups in total. The summed E-state index contributed by atoms with van der Waals surface area (Å²) in [6.45, 7) is 4.38. The van der Waals surface area contributed by atoms with E-state index in [2.05, 4.69) is 6.92 Å². The third kappa shape index (κ3) is 4.12. The standard InChI is InChI=1S/C24H26ClNO5/c1-5-11-26-21(15-9-7-14(6-2)8-10-15)20(23(28)24(26)29)22(27)16-12-17(25)19(31-4)13-18(16)30-3/h7-10,12-13,21,27H,5-6,11H2,1-4H3/b22-20+. The van der Waals surface area contributed by atoms with E-state index in [9.17, 15) is 14.7 Å². The van der Waals surface area contributed by atoms with Crippen LogP contribution in [0.15, 0.2) is 42.0 Å². The van der Waals surface area contributed by atoms with Gasteiger partial charge in [0.25, 0.3) is 11.7 Å². The SMILES string of the molecule is CCCN1C(=O)C(=O)/C(=C(/O)c2cc(Cl)c(OC)cc2OC)C1c1ccc(CC)cc1. The van der Waals surface area contributed by atoms with Gasteiger partial charge in [-0.2, -0.15) is 0 Å². The predicted molar refractivity (Wildman–Crippen MR) is 120 cm³/mol. The lowest BCUT2D eigenvalue weighted by Crippen LogP contribution is -2.30. The molecular formula is C24H26ClNO5. The molecule has 1 fully saturated rings. The quantitative estimate of drug-likeness (QED) is 0.379. The van der Waals surface area contributed by atoms with Crippen LogP contribution in [0, 0.1) is 0 Å². The first-order valence-corrected chi connectivity index (χ1v) is 10.5. The molecule has 0 saturated carbocycles. The second-order valence-electron chi connectivity index (χ2n) is 7.27. The molecular weight excluding hydrogens is 418 g/mol. The van der Waals surface area contributed by atoms with Crippen LogP contribution in [-0.2, 0) is 16.0 Å². The molecule has 1 atom stereocenters. The molecule has 164 valence electrons. The van der Waals surface area contributed by atoms with Gasteiger partial charge in [-0.25, -0.2) is 0 Å². The lowest BCUT2D eigenvalue weighted by atomic mass is 9.94.